The van der Waals surface area contributed by atoms with E-state index < -0.39 is 10.2 Å². The Kier molecular flexibility index (Phi) is 4.89. The van der Waals surface area contributed by atoms with Crippen LogP contribution in [0.25, 0.3) is 5.82 Å². The maximum absolute atomic E-state index is 12.0. The Morgan fingerprint density at radius 3 is 2.57 bits per heavy atom. The molecule has 1 fully saturated rings. The molecule has 23 heavy (non-hydrogen) atoms. The molecule has 9 heteroatoms. The summed E-state index contributed by atoms with van der Waals surface area (Å²) in [4.78, 5) is 8.33. The van der Waals surface area contributed by atoms with Crippen LogP contribution in [0.4, 0.5) is 5.82 Å². The van der Waals surface area contributed by atoms with Gasteiger partial charge in [0.25, 0.3) is 10.2 Å². The van der Waals surface area contributed by atoms with Gasteiger partial charge in [0.05, 0.1) is 0 Å². The third kappa shape index (κ3) is 4.06. The molecule has 0 atom stereocenters. The Hall–Kier alpha value is -1.97. The summed E-state index contributed by atoms with van der Waals surface area (Å²) < 4.78 is 30.0. The molecule has 1 aliphatic heterocycles. The Morgan fingerprint density at radius 2 is 1.83 bits per heavy atom. The summed E-state index contributed by atoms with van der Waals surface area (Å²) in [7, 11) is -3.35. The molecule has 2 aromatic rings. The van der Waals surface area contributed by atoms with Crippen LogP contribution in [-0.2, 0) is 10.2 Å². The van der Waals surface area contributed by atoms with Crippen molar-refractivity contribution in [2.24, 2.45) is 0 Å². The smallest absolute Gasteiger partial charge is 0.279 e. The van der Waals surface area contributed by atoms with Crippen LogP contribution >= 0.6 is 0 Å². The predicted octanol–water partition coefficient (Wildman–Crippen LogP) is 0.609. The average molecular weight is 336 g/mol. The van der Waals surface area contributed by atoms with Crippen LogP contribution in [-0.4, -0.2) is 53.4 Å². The van der Waals surface area contributed by atoms with E-state index in [1.54, 1.807) is 0 Å². The lowest BCUT2D eigenvalue weighted by Crippen LogP contribution is -2.40. The fourth-order valence-electron chi connectivity index (χ4n) is 2.46. The average Bonchev–Trinajstić information content (AvgIpc) is 3.25. The Bertz CT molecular complexity index is 725. The standard InChI is InChI=1S/C14H20N6O2S/c21-23(22,20-9-3-4-10-20)18-6-5-15-13-11-14(17-12-16-13)19-7-1-2-8-19/h1-2,7-8,11-12,18H,3-6,9-10H2,(H,15,16,17). The summed E-state index contributed by atoms with van der Waals surface area (Å²) in [6, 6.07) is 5.65. The molecule has 0 aromatic carbocycles. The van der Waals surface area contributed by atoms with Gasteiger partial charge in [0.1, 0.15) is 18.0 Å². The minimum atomic E-state index is -3.35. The molecular formula is C14H20N6O2S. The number of hydrogen-bond acceptors (Lipinski definition) is 5. The topological polar surface area (TPSA) is 92.2 Å². The first-order valence-corrected chi connectivity index (χ1v) is 9.03. The van der Waals surface area contributed by atoms with Crippen molar-refractivity contribution < 1.29 is 8.42 Å². The number of hydrogen-bond donors (Lipinski definition) is 2. The van der Waals surface area contributed by atoms with Gasteiger partial charge >= 0.3 is 0 Å². The molecule has 2 aromatic heterocycles. The van der Waals surface area contributed by atoms with Crippen molar-refractivity contribution in [2.45, 2.75) is 12.8 Å². The largest absolute Gasteiger partial charge is 0.369 e. The molecule has 0 aliphatic carbocycles. The summed E-state index contributed by atoms with van der Waals surface area (Å²) >= 11 is 0. The molecule has 0 bridgehead atoms. The number of rotatable bonds is 7. The number of anilines is 1. The molecule has 0 spiro atoms. The normalized spacial score (nSPS) is 15.8. The van der Waals surface area contributed by atoms with Crippen molar-refractivity contribution in [2.75, 3.05) is 31.5 Å². The van der Waals surface area contributed by atoms with Gasteiger partial charge in [-0.3, -0.25) is 0 Å². The quantitative estimate of drug-likeness (QED) is 0.723. The van der Waals surface area contributed by atoms with Gasteiger partial charge in [-0.05, 0) is 25.0 Å². The molecule has 8 nitrogen and oxygen atoms in total. The molecule has 1 aliphatic rings. The van der Waals surface area contributed by atoms with Gasteiger partial charge < -0.3 is 9.88 Å². The minimum absolute atomic E-state index is 0.307. The highest BCUT2D eigenvalue weighted by Crippen LogP contribution is 2.11. The fraction of sp³-hybridized carbons (Fsp3) is 0.429. The van der Waals surface area contributed by atoms with E-state index in [9.17, 15) is 8.42 Å². The molecule has 0 radical (unpaired) electrons. The second-order valence-electron chi connectivity index (χ2n) is 5.28. The van der Waals surface area contributed by atoms with E-state index in [0.717, 1.165) is 18.7 Å². The molecule has 0 saturated carbocycles. The van der Waals surface area contributed by atoms with Crippen LogP contribution in [0.5, 0.6) is 0 Å². The minimum Gasteiger partial charge on any atom is -0.369 e. The second-order valence-corrected chi connectivity index (χ2v) is 7.04. The SMILES string of the molecule is O=S(=O)(NCCNc1cc(-n2cccc2)ncn1)N1CCCC1. The van der Waals surface area contributed by atoms with Crippen molar-refractivity contribution in [1.29, 1.82) is 0 Å². The molecule has 3 rings (SSSR count). The number of nitrogens with zero attached hydrogens (tertiary/aromatic N) is 4. The van der Waals surface area contributed by atoms with Gasteiger partial charge in [-0.1, -0.05) is 0 Å². The molecule has 124 valence electrons. The van der Waals surface area contributed by atoms with Crippen LogP contribution < -0.4 is 10.0 Å². The molecule has 2 N–H and O–H groups in total. The first-order valence-electron chi connectivity index (χ1n) is 7.59. The van der Waals surface area contributed by atoms with Crippen LogP contribution in [0.15, 0.2) is 36.9 Å². The van der Waals surface area contributed by atoms with Crippen molar-refractivity contribution in [3.63, 3.8) is 0 Å². The van der Waals surface area contributed by atoms with E-state index in [1.807, 2.05) is 35.2 Å². The lowest BCUT2D eigenvalue weighted by atomic mass is 10.4. The van der Waals surface area contributed by atoms with Crippen LogP contribution in [0, 0.1) is 0 Å². The third-order valence-electron chi connectivity index (χ3n) is 3.64. The molecule has 0 unspecified atom stereocenters. The van der Waals surface area contributed by atoms with Gasteiger partial charge in [0.15, 0.2) is 0 Å². The van der Waals surface area contributed by atoms with E-state index in [1.165, 1.54) is 10.6 Å². The summed E-state index contributed by atoms with van der Waals surface area (Å²) in [5.74, 6) is 1.41. The van der Waals surface area contributed by atoms with Gasteiger partial charge in [0.2, 0.25) is 0 Å². The Balaban J connectivity index is 1.50. The van der Waals surface area contributed by atoms with Crippen molar-refractivity contribution in [1.82, 2.24) is 23.6 Å². The van der Waals surface area contributed by atoms with Gasteiger partial charge in [0, 0.05) is 44.6 Å². The molecule has 3 heterocycles. The predicted molar refractivity (Wildman–Crippen MR) is 87.6 cm³/mol. The van der Waals surface area contributed by atoms with E-state index in [4.69, 9.17) is 0 Å². The number of nitrogens with one attached hydrogen (secondary N) is 2. The monoisotopic (exact) mass is 336 g/mol. The molecule has 1 saturated heterocycles. The lowest BCUT2D eigenvalue weighted by molar-refractivity contribution is 0.466. The zero-order valence-corrected chi connectivity index (χ0v) is 13.5. The second kappa shape index (κ2) is 7.07. The summed E-state index contributed by atoms with van der Waals surface area (Å²) in [6.07, 6.45) is 7.14. The van der Waals surface area contributed by atoms with Crippen molar-refractivity contribution >= 4 is 16.0 Å². The zero-order valence-electron chi connectivity index (χ0n) is 12.7. The maximum Gasteiger partial charge on any atom is 0.279 e. The maximum atomic E-state index is 12.0. The van der Waals surface area contributed by atoms with E-state index in [0.29, 0.717) is 32.0 Å². The van der Waals surface area contributed by atoms with E-state index in [2.05, 4.69) is 20.0 Å². The van der Waals surface area contributed by atoms with E-state index in [-0.39, 0.29) is 0 Å². The Labute approximate surface area is 135 Å². The van der Waals surface area contributed by atoms with Crippen molar-refractivity contribution in [3.05, 3.63) is 36.9 Å². The number of aromatic nitrogens is 3. The van der Waals surface area contributed by atoms with Crippen LogP contribution in [0.1, 0.15) is 12.8 Å². The highest BCUT2D eigenvalue weighted by Gasteiger charge is 2.24. The van der Waals surface area contributed by atoms with Gasteiger partial charge in [-0.25, -0.2) is 14.7 Å². The first kappa shape index (κ1) is 15.9. The lowest BCUT2D eigenvalue weighted by Gasteiger charge is -2.16. The van der Waals surface area contributed by atoms with Crippen LogP contribution in [0.2, 0.25) is 0 Å². The summed E-state index contributed by atoms with van der Waals surface area (Å²) in [5.41, 5.74) is 0. The van der Waals surface area contributed by atoms with Gasteiger partial charge in [-0.15, -0.1) is 0 Å². The third-order valence-corrected chi connectivity index (χ3v) is 5.26. The summed E-state index contributed by atoms with van der Waals surface area (Å²) in [5, 5.41) is 3.10. The molecular weight excluding hydrogens is 316 g/mol. The first-order chi connectivity index (χ1) is 11.1. The van der Waals surface area contributed by atoms with Crippen molar-refractivity contribution in [3.8, 4) is 5.82 Å². The summed E-state index contributed by atoms with van der Waals surface area (Å²) in [6.45, 7) is 1.97. The highest BCUT2D eigenvalue weighted by molar-refractivity contribution is 7.87. The highest BCUT2D eigenvalue weighted by atomic mass is 32.2. The fourth-order valence-corrected chi connectivity index (χ4v) is 3.74. The zero-order chi connectivity index (χ0) is 16.1. The van der Waals surface area contributed by atoms with E-state index >= 15 is 0 Å². The van der Waals surface area contributed by atoms with Gasteiger partial charge in [-0.2, -0.15) is 12.7 Å². The molecule has 0 amide bonds. The Morgan fingerprint density at radius 1 is 1.09 bits per heavy atom. The van der Waals surface area contributed by atoms with Crippen LogP contribution in [0.3, 0.4) is 0 Å².